The van der Waals surface area contributed by atoms with Crippen LogP contribution >= 0.6 is 15.9 Å². The van der Waals surface area contributed by atoms with E-state index in [0.717, 1.165) is 11.3 Å². The summed E-state index contributed by atoms with van der Waals surface area (Å²) in [6.45, 7) is 5.04. The maximum atomic E-state index is 12.6. The molecule has 0 fully saturated rings. The van der Waals surface area contributed by atoms with Crippen LogP contribution in [0, 0.1) is 0 Å². The van der Waals surface area contributed by atoms with Gasteiger partial charge in [0, 0.05) is 18.6 Å². The van der Waals surface area contributed by atoms with Crippen molar-refractivity contribution in [1.29, 1.82) is 0 Å². The fourth-order valence-electron chi connectivity index (χ4n) is 3.07. The Morgan fingerprint density at radius 3 is 2.32 bits per heavy atom. The molecule has 0 saturated heterocycles. The maximum Gasteiger partial charge on any atom is 0.328 e. The Bertz CT molecular complexity index is 1070. The molecule has 1 heterocycles. The molecule has 3 rings (SSSR count). The number of ether oxygens (including phenoxy) is 1. The van der Waals surface area contributed by atoms with Gasteiger partial charge in [0.25, 0.3) is 5.91 Å². The molecule has 1 aromatic heterocycles. The Hall–Kier alpha value is -2.54. The van der Waals surface area contributed by atoms with Crippen LogP contribution in [0.15, 0.2) is 45.7 Å². The quantitative estimate of drug-likeness (QED) is 0.589. The first kappa shape index (κ1) is 20.2. The number of aromatic nitrogens is 2. The SMILES string of the molecule is CC(C)c1ccc(OCCNC(=O)c2cc3c(cc2Br)n(C)c(=O)n3C)cc1. The number of nitrogens with zero attached hydrogens (tertiary/aromatic N) is 2. The first-order valence-electron chi connectivity index (χ1n) is 9.15. The zero-order valence-corrected chi connectivity index (χ0v) is 18.0. The van der Waals surface area contributed by atoms with Gasteiger partial charge in [0.15, 0.2) is 0 Å². The van der Waals surface area contributed by atoms with Gasteiger partial charge in [0.1, 0.15) is 12.4 Å². The van der Waals surface area contributed by atoms with E-state index in [1.807, 2.05) is 12.1 Å². The van der Waals surface area contributed by atoms with Gasteiger partial charge in [-0.15, -0.1) is 0 Å². The summed E-state index contributed by atoms with van der Waals surface area (Å²) in [6, 6.07) is 11.5. The number of amides is 1. The molecule has 1 N–H and O–H groups in total. The first-order valence-corrected chi connectivity index (χ1v) is 9.94. The van der Waals surface area contributed by atoms with E-state index >= 15 is 0 Å². The number of imidazole rings is 1. The Morgan fingerprint density at radius 2 is 1.71 bits per heavy atom. The molecule has 148 valence electrons. The molecule has 3 aromatic rings. The van der Waals surface area contributed by atoms with E-state index < -0.39 is 0 Å². The van der Waals surface area contributed by atoms with E-state index in [0.29, 0.717) is 34.6 Å². The smallest absolute Gasteiger partial charge is 0.328 e. The molecule has 0 atom stereocenters. The molecule has 0 aliphatic carbocycles. The Kier molecular flexibility index (Phi) is 5.93. The minimum absolute atomic E-state index is 0.128. The molecular weight excluding hydrogens is 422 g/mol. The van der Waals surface area contributed by atoms with Crippen LogP contribution in [0.2, 0.25) is 0 Å². The number of nitrogens with one attached hydrogen (secondary N) is 1. The number of aryl methyl sites for hydroxylation is 2. The van der Waals surface area contributed by atoms with Gasteiger partial charge >= 0.3 is 5.69 Å². The summed E-state index contributed by atoms with van der Waals surface area (Å²) in [5, 5.41) is 2.86. The lowest BCUT2D eigenvalue weighted by molar-refractivity contribution is 0.0946. The Morgan fingerprint density at radius 1 is 1.11 bits per heavy atom. The fourth-order valence-corrected chi connectivity index (χ4v) is 3.58. The van der Waals surface area contributed by atoms with E-state index in [1.165, 1.54) is 10.1 Å². The number of hydrogen-bond donors (Lipinski definition) is 1. The number of rotatable bonds is 6. The number of benzene rings is 2. The Labute approximate surface area is 172 Å². The molecule has 0 spiro atoms. The van der Waals surface area contributed by atoms with Gasteiger partial charge in [-0.3, -0.25) is 13.9 Å². The second-order valence-electron chi connectivity index (χ2n) is 7.05. The maximum absolute atomic E-state index is 12.6. The summed E-state index contributed by atoms with van der Waals surface area (Å²) in [4.78, 5) is 24.6. The van der Waals surface area contributed by atoms with Crippen molar-refractivity contribution < 1.29 is 9.53 Å². The number of carbonyl (C=O) groups excluding carboxylic acids is 1. The molecule has 7 heteroatoms. The average molecular weight is 446 g/mol. The monoisotopic (exact) mass is 445 g/mol. The van der Waals surface area contributed by atoms with Crippen LogP contribution in [0.1, 0.15) is 35.7 Å². The molecular formula is C21H24BrN3O3. The lowest BCUT2D eigenvalue weighted by Crippen LogP contribution is -2.28. The molecule has 0 aliphatic heterocycles. The topological polar surface area (TPSA) is 65.3 Å². The molecule has 0 unspecified atom stereocenters. The van der Waals surface area contributed by atoms with Crippen molar-refractivity contribution in [2.24, 2.45) is 14.1 Å². The van der Waals surface area contributed by atoms with Crippen LogP contribution < -0.4 is 15.7 Å². The highest BCUT2D eigenvalue weighted by atomic mass is 79.9. The average Bonchev–Trinajstić information content (AvgIpc) is 2.88. The van der Waals surface area contributed by atoms with Crippen LogP contribution in [-0.4, -0.2) is 28.2 Å². The van der Waals surface area contributed by atoms with E-state index in [1.54, 1.807) is 30.8 Å². The van der Waals surface area contributed by atoms with Crippen molar-refractivity contribution in [3.63, 3.8) is 0 Å². The van der Waals surface area contributed by atoms with Crippen LogP contribution in [0.4, 0.5) is 0 Å². The molecule has 0 radical (unpaired) electrons. The summed E-state index contributed by atoms with van der Waals surface area (Å²) < 4.78 is 9.42. The molecule has 1 amide bonds. The third-order valence-corrected chi connectivity index (χ3v) is 5.46. The molecule has 0 aliphatic rings. The third kappa shape index (κ3) is 3.99. The molecule has 2 aromatic carbocycles. The highest BCUT2D eigenvalue weighted by molar-refractivity contribution is 9.10. The minimum atomic E-state index is -0.219. The summed E-state index contributed by atoms with van der Waals surface area (Å²) in [7, 11) is 3.40. The van der Waals surface area contributed by atoms with Gasteiger partial charge < -0.3 is 10.1 Å². The third-order valence-electron chi connectivity index (χ3n) is 4.81. The van der Waals surface area contributed by atoms with Crippen molar-refractivity contribution in [3.05, 3.63) is 62.5 Å². The predicted molar refractivity (Wildman–Crippen MR) is 114 cm³/mol. The van der Waals surface area contributed by atoms with Gasteiger partial charge in [-0.05, 0) is 51.7 Å². The number of halogens is 1. The van der Waals surface area contributed by atoms with E-state index in [4.69, 9.17) is 4.74 Å². The van der Waals surface area contributed by atoms with Crippen molar-refractivity contribution in [3.8, 4) is 5.75 Å². The summed E-state index contributed by atoms with van der Waals surface area (Å²) >= 11 is 3.43. The van der Waals surface area contributed by atoms with Gasteiger partial charge in [0.2, 0.25) is 0 Å². The lowest BCUT2D eigenvalue weighted by Gasteiger charge is -2.10. The van der Waals surface area contributed by atoms with Crippen molar-refractivity contribution in [2.45, 2.75) is 19.8 Å². The van der Waals surface area contributed by atoms with E-state index in [-0.39, 0.29) is 11.6 Å². The largest absolute Gasteiger partial charge is 0.492 e. The van der Waals surface area contributed by atoms with Crippen LogP contribution in [0.3, 0.4) is 0 Å². The highest BCUT2D eigenvalue weighted by Crippen LogP contribution is 2.23. The van der Waals surface area contributed by atoms with E-state index in [9.17, 15) is 9.59 Å². The molecule has 0 bridgehead atoms. The highest BCUT2D eigenvalue weighted by Gasteiger charge is 2.15. The van der Waals surface area contributed by atoms with Crippen LogP contribution in [0.25, 0.3) is 11.0 Å². The van der Waals surface area contributed by atoms with Gasteiger partial charge in [0.05, 0.1) is 23.1 Å². The predicted octanol–water partition coefficient (Wildman–Crippen LogP) is 3.57. The van der Waals surface area contributed by atoms with Gasteiger partial charge in [-0.2, -0.15) is 0 Å². The second kappa shape index (κ2) is 8.22. The van der Waals surface area contributed by atoms with Gasteiger partial charge in [-0.25, -0.2) is 4.79 Å². The normalized spacial score (nSPS) is 11.2. The van der Waals surface area contributed by atoms with Crippen molar-refractivity contribution in [1.82, 2.24) is 14.5 Å². The second-order valence-corrected chi connectivity index (χ2v) is 7.90. The molecule has 6 nitrogen and oxygen atoms in total. The van der Waals surface area contributed by atoms with Gasteiger partial charge in [-0.1, -0.05) is 26.0 Å². The lowest BCUT2D eigenvalue weighted by atomic mass is 10.0. The Balaban J connectivity index is 1.62. The minimum Gasteiger partial charge on any atom is -0.492 e. The molecule has 28 heavy (non-hydrogen) atoms. The number of fused-ring (bicyclic) bond motifs is 1. The summed E-state index contributed by atoms with van der Waals surface area (Å²) in [5.74, 6) is 1.04. The van der Waals surface area contributed by atoms with Crippen LogP contribution in [-0.2, 0) is 14.1 Å². The fraction of sp³-hybridized carbons (Fsp3) is 0.333. The number of carbonyl (C=O) groups is 1. The zero-order chi connectivity index (χ0) is 20.4. The number of hydrogen-bond acceptors (Lipinski definition) is 3. The molecule has 0 saturated carbocycles. The standard InChI is InChI=1S/C21H24BrN3O3/c1-13(2)14-5-7-15(8-6-14)28-10-9-23-20(26)16-11-18-19(12-17(16)22)25(4)21(27)24(18)3/h5-8,11-13H,9-10H2,1-4H3,(H,23,26). The van der Waals surface area contributed by atoms with E-state index in [2.05, 4.69) is 47.2 Å². The van der Waals surface area contributed by atoms with Crippen molar-refractivity contribution >= 4 is 32.9 Å². The summed E-state index contributed by atoms with van der Waals surface area (Å²) in [6.07, 6.45) is 0. The van der Waals surface area contributed by atoms with Crippen LogP contribution in [0.5, 0.6) is 5.75 Å². The zero-order valence-electron chi connectivity index (χ0n) is 16.5. The summed E-state index contributed by atoms with van der Waals surface area (Å²) in [5.41, 5.74) is 3.09. The first-order chi connectivity index (χ1) is 13.3. The van der Waals surface area contributed by atoms with Crippen molar-refractivity contribution in [2.75, 3.05) is 13.2 Å².